The highest BCUT2D eigenvalue weighted by Gasteiger charge is 2.19. The van der Waals surface area contributed by atoms with Gasteiger partial charge < -0.3 is 5.32 Å². The number of aromatic nitrogens is 3. The molecule has 1 atom stereocenters. The average Bonchev–Trinajstić information content (AvgIpc) is 3.05. The van der Waals surface area contributed by atoms with Crippen LogP contribution < -0.4 is 5.32 Å². The van der Waals surface area contributed by atoms with E-state index in [-0.39, 0.29) is 11.2 Å². The average molecular weight is 338 g/mol. The minimum absolute atomic E-state index is 0.0584. The Kier molecular flexibility index (Phi) is 4.96. The lowest BCUT2D eigenvalue weighted by atomic mass is 10.2. The predicted octanol–water partition coefficient (Wildman–Crippen LogP) is 3.70. The number of nitrogens with zero attached hydrogens (tertiary/aromatic N) is 3. The van der Waals surface area contributed by atoms with Gasteiger partial charge in [0.25, 0.3) is 0 Å². The molecule has 3 aromatic rings. The van der Waals surface area contributed by atoms with Crippen molar-refractivity contribution >= 4 is 23.4 Å². The first kappa shape index (κ1) is 16.3. The Morgan fingerprint density at radius 2 is 1.83 bits per heavy atom. The molecule has 1 unspecified atom stereocenters. The van der Waals surface area contributed by atoms with Crippen molar-refractivity contribution in [1.29, 1.82) is 0 Å². The Morgan fingerprint density at radius 1 is 1.12 bits per heavy atom. The van der Waals surface area contributed by atoms with E-state index in [1.807, 2.05) is 73.0 Å². The van der Waals surface area contributed by atoms with Crippen LogP contribution in [0.2, 0.25) is 0 Å². The largest absolute Gasteiger partial charge is 0.325 e. The van der Waals surface area contributed by atoms with Crippen LogP contribution in [0.4, 0.5) is 5.69 Å². The highest BCUT2D eigenvalue weighted by Crippen LogP contribution is 2.25. The molecule has 0 saturated carbocycles. The van der Waals surface area contributed by atoms with Gasteiger partial charge in [0.1, 0.15) is 6.33 Å². The molecule has 1 aromatic heterocycles. The van der Waals surface area contributed by atoms with Gasteiger partial charge in [0.05, 0.1) is 5.25 Å². The van der Waals surface area contributed by atoms with E-state index in [4.69, 9.17) is 0 Å². The summed E-state index contributed by atoms with van der Waals surface area (Å²) in [7, 11) is 0. The fourth-order valence-corrected chi connectivity index (χ4v) is 3.07. The van der Waals surface area contributed by atoms with Crippen LogP contribution in [-0.2, 0) is 4.79 Å². The Hall–Kier alpha value is -2.60. The molecule has 2 aromatic carbocycles. The summed E-state index contributed by atoms with van der Waals surface area (Å²) >= 11 is 1.38. The lowest BCUT2D eigenvalue weighted by Gasteiger charge is -2.13. The summed E-state index contributed by atoms with van der Waals surface area (Å²) in [4.78, 5) is 12.4. The number of nitrogens with one attached hydrogen (secondary N) is 1. The van der Waals surface area contributed by atoms with Crippen molar-refractivity contribution in [2.75, 3.05) is 5.32 Å². The molecule has 0 fully saturated rings. The van der Waals surface area contributed by atoms with Crippen molar-refractivity contribution in [3.8, 4) is 5.69 Å². The molecule has 1 amide bonds. The zero-order chi connectivity index (χ0) is 16.9. The van der Waals surface area contributed by atoms with Gasteiger partial charge >= 0.3 is 0 Å². The normalized spacial score (nSPS) is 11.9. The molecule has 1 N–H and O–H groups in total. The highest BCUT2D eigenvalue weighted by molar-refractivity contribution is 8.00. The maximum atomic E-state index is 12.4. The summed E-state index contributed by atoms with van der Waals surface area (Å²) in [6, 6.07) is 17.6. The van der Waals surface area contributed by atoms with Crippen LogP contribution in [0, 0.1) is 6.92 Å². The van der Waals surface area contributed by atoms with E-state index < -0.39 is 0 Å². The summed E-state index contributed by atoms with van der Waals surface area (Å²) in [6.07, 6.45) is 1.66. The number of hydrogen-bond donors (Lipinski definition) is 1. The predicted molar refractivity (Wildman–Crippen MR) is 96.5 cm³/mol. The fraction of sp³-hybridized carbons (Fsp3) is 0.167. The molecular formula is C18H18N4OS. The number of anilines is 1. The quantitative estimate of drug-likeness (QED) is 0.721. The van der Waals surface area contributed by atoms with Crippen molar-refractivity contribution in [2.45, 2.75) is 24.3 Å². The van der Waals surface area contributed by atoms with Gasteiger partial charge in [0.15, 0.2) is 5.16 Å². The van der Waals surface area contributed by atoms with Gasteiger partial charge in [-0.15, -0.1) is 10.2 Å². The maximum Gasteiger partial charge on any atom is 0.237 e. The van der Waals surface area contributed by atoms with E-state index in [1.54, 1.807) is 6.33 Å². The molecule has 0 aliphatic rings. The zero-order valence-electron chi connectivity index (χ0n) is 13.5. The lowest BCUT2D eigenvalue weighted by Crippen LogP contribution is -2.23. The van der Waals surface area contributed by atoms with Gasteiger partial charge in [-0.1, -0.05) is 48.2 Å². The molecule has 0 bridgehead atoms. The number of para-hydroxylation sites is 2. The second-order valence-electron chi connectivity index (χ2n) is 5.38. The van der Waals surface area contributed by atoms with E-state index in [0.29, 0.717) is 5.16 Å². The summed E-state index contributed by atoms with van der Waals surface area (Å²) in [5, 5.41) is 11.5. The molecule has 6 heteroatoms. The first-order chi connectivity index (χ1) is 11.6. The van der Waals surface area contributed by atoms with Crippen molar-refractivity contribution in [1.82, 2.24) is 14.8 Å². The van der Waals surface area contributed by atoms with E-state index in [2.05, 4.69) is 15.5 Å². The van der Waals surface area contributed by atoms with Crippen molar-refractivity contribution < 1.29 is 4.79 Å². The smallest absolute Gasteiger partial charge is 0.237 e. The molecule has 0 saturated heterocycles. The standard InChI is InChI=1S/C18H18N4OS/c1-13-8-6-7-11-16(13)20-17(23)14(2)24-18-21-19-12-22(18)15-9-4-3-5-10-15/h3-12,14H,1-2H3,(H,20,23). The SMILES string of the molecule is Cc1ccccc1NC(=O)C(C)Sc1nncn1-c1ccccc1. The first-order valence-electron chi connectivity index (χ1n) is 7.64. The number of aryl methyl sites for hydroxylation is 1. The van der Waals surface area contributed by atoms with Gasteiger partial charge in [-0.3, -0.25) is 9.36 Å². The van der Waals surface area contributed by atoms with Gasteiger partial charge in [-0.25, -0.2) is 0 Å². The zero-order valence-corrected chi connectivity index (χ0v) is 14.3. The molecule has 24 heavy (non-hydrogen) atoms. The minimum atomic E-state index is -0.295. The van der Waals surface area contributed by atoms with Gasteiger partial charge in [0.2, 0.25) is 5.91 Å². The van der Waals surface area contributed by atoms with Crippen LogP contribution in [0.5, 0.6) is 0 Å². The third kappa shape index (κ3) is 3.65. The molecule has 0 radical (unpaired) electrons. The van der Waals surface area contributed by atoms with Crippen molar-refractivity contribution in [3.05, 3.63) is 66.5 Å². The van der Waals surface area contributed by atoms with E-state index in [0.717, 1.165) is 16.9 Å². The molecule has 1 heterocycles. The van der Waals surface area contributed by atoms with Crippen LogP contribution in [0.25, 0.3) is 5.69 Å². The number of benzene rings is 2. The summed E-state index contributed by atoms with van der Waals surface area (Å²) < 4.78 is 1.88. The fourth-order valence-electron chi connectivity index (χ4n) is 2.23. The number of carbonyl (C=O) groups excluding carboxylic acids is 1. The first-order valence-corrected chi connectivity index (χ1v) is 8.51. The minimum Gasteiger partial charge on any atom is -0.325 e. The maximum absolute atomic E-state index is 12.4. The number of amides is 1. The van der Waals surface area contributed by atoms with E-state index in [9.17, 15) is 4.79 Å². The monoisotopic (exact) mass is 338 g/mol. The molecular weight excluding hydrogens is 320 g/mol. The summed E-state index contributed by atoms with van der Waals surface area (Å²) in [6.45, 7) is 3.84. The topological polar surface area (TPSA) is 59.8 Å². The van der Waals surface area contributed by atoms with Crippen molar-refractivity contribution in [2.24, 2.45) is 0 Å². The van der Waals surface area contributed by atoms with Crippen LogP contribution in [0.1, 0.15) is 12.5 Å². The van der Waals surface area contributed by atoms with Crippen LogP contribution in [-0.4, -0.2) is 25.9 Å². The van der Waals surface area contributed by atoms with Gasteiger partial charge in [0, 0.05) is 11.4 Å². The third-order valence-corrected chi connectivity index (χ3v) is 4.66. The molecule has 5 nitrogen and oxygen atoms in total. The molecule has 0 spiro atoms. The second kappa shape index (κ2) is 7.31. The van der Waals surface area contributed by atoms with E-state index in [1.165, 1.54) is 11.8 Å². The molecule has 0 aliphatic heterocycles. The van der Waals surface area contributed by atoms with Crippen LogP contribution in [0.3, 0.4) is 0 Å². The van der Waals surface area contributed by atoms with Crippen molar-refractivity contribution in [3.63, 3.8) is 0 Å². The van der Waals surface area contributed by atoms with Gasteiger partial charge in [-0.05, 0) is 37.6 Å². The molecule has 0 aliphatic carbocycles. The van der Waals surface area contributed by atoms with Crippen LogP contribution in [0.15, 0.2) is 66.1 Å². The number of thioether (sulfide) groups is 1. The van der Waals surface area contributed by atoms with Gasteiger partial charge in [-0.2, -0.15) is 0 Å². The second-order valence-corrected chi connectivity index (χ2v) is 6.69. The Bertz CT molecular complexity index is 832. The summed E-state index contributed by atoms with van der Waals surface area (Å²) in [5.41, 5.74) is 2.84. The number of rotatable bonds is 5. The number of hydrogen-bond acceptors (Lipinski definition) is 4. The lowest BCUT2D eigenvalue weighted by molar-refractivity contribution is -0.115. The third-order valence-electron chi connectivity index (χ3n) is 3.61. The summed E-state index contributed by atoms with van der Waals surface area (Å²) in [5.74, 6) is -0.0584. The Morgan fingerprint density at radius 3 is 2.58 bits per heavy atom. The highest BCUT2D eigenvalue weighted by atomic mass is 32.2. The number of carbonyl (C=O) groups is 1. The Labute approximate surface area is 145 Å². The molecule has 122 valence electrons. The van der Waals surface area contributed by atoms with E-state index >= 15 is 0 Å². The molecule has 3 rings (SSSR count). The van der Waals surface area contributed by atoms with Crippen LogP contribution >= 0.6 is 11.8 Å². The Balaban J connectivity index is 1.72.